The minimum Gasteiger partial charge on any atom is -0.496 e. The normalized spacial score (nSPS) is 26.3. The van der Waals surface area contributed by atoms with E-state index in [0.29, 0.717) is 25.4 Å². The maximum absolute atomic E-state index is 12.8. The lowest BCUT2D eigenvalue weighted by Crippen LogP contribution is -2.58. The molecule has 1 aliphatic carbocycles. The Labute approximate surface area is 291 Å². The van der Waals surface area contributed by atoms with Gasteiger partial charge in [-0.25, -0.2) is 0 Å². The zero-order valence-corrected chi connectivity index (χ0v) is 29.3. The van der Waals surface area contributed by atoms with Crippen LogP contribution in [-0.2, 0) is 39.6 Å². The van der Waals surface area contributed by atoms with Crippen molar-refractivity contribution in [2.45, 2.75) is 95.6 Å². The van der Waals surface area contributed by atoms with Gasteiger partial charge in [0.05, 0.1) is 33.0 Å². The molecule has 2 unspecified atom stereocenters. The van der Waals surface area contributed by atoms with Crippen molar-refractivity contribution in [3.63, 3.8) is 0 Å². The lowest BCUT2D eigenvalue weighted by molar-refractivity contribution is -0.350. The number of hydrogen-bond acceptors (Lipinski definition) is 6. The summed E-state index contributed by atoms with van der Waals surface area (Å²) in [5.41, 5.74) is 6.28. The Morgan fingerprint density at radius 1 is 0.837 bits per heavy atom. The molecule has 0 amide bonds. The van der Waals surface area contributed by atoms with Gasteiger partial charge >= 0.3 is 0 Å². The lowest BCUT2D eigenvalue weighted by atomic mass is 9.74. The summed E-state index contributed by atoms with van der Waals surface area (Å²) < 4.78 is 32.0. The molecule has 6 nitrogen and oxygen atoms in total. The molecule has 6 heteroatoms. The van der Waals surface area contributed by atoms with E-state index < -0.39 is 11.9 Å². The molecule has 7 rings (SSSR count). The van der Waals surface area contributed by atoms with E-state index in [1.54, 1.807) is 7.11 Å². The number of hydrogen-bond donors (Lipinski definition) is 1. The minimum absolute atomic E-state index is 0.00276. The van der Waals surface area contributed by atoms with Gasteiger partial charge in [-0.3, -0.25) is 0 Å². The third-order valence-corrected chi connectivity index (χ3v) is 11.4. The van der Waals surface area contributed by atoms with Gasteiger partial charge in [-0.2, -0.15) is 0 Å². The molecule has 6 atom stereocenters. The topological polar surface area (TPSA) is 66.4 Å². The first-order valence-corrected chi connectivity index (χ1v) is 18.0. The molecule has 258 valence electrons. The predicted molar refractivity (Wildman–Crippen MR) is 191 cm³/mol. The maximum atomic E-state index is 12.8. The summed E-state index contributed by atoms with van der Waals surface area (Å²) in [6, 6.07) is 32.7. The van der Waals surface area contributed by atoms with Gasteiger partial charge in [-0.05, 0) is 90.5 Å². The van der Waals surface area contributed by atoms with Crippen LogP contribution in [0.15, 0.2) is 97.1 Å². The predicted octanol–water partition coefficient (Wildman–Crippen LogP) is 8.71. The minimum atomic E-state index is -1.72. The van der Waals surface area contributed by atoms with E-state index in [1.165, 1.54) is 17.5 Å². The third kappa shape index (κ3) is 6.89. The van der Waals surface area contributed by atoms with Crippen molar-refractivity contribution in [2.24, 2.45) is 11.8 Å². The Bertz CT molecular complexity index is 1700. The van der Waals surface area contributed by atoms with Crippen LogP contribution in [0.1, 0.15) is 85.8 Å². The Balaban J connectivity index is 1.18. The van der Waals surface area contributed by atoms with E-state index in [2.05, 4.69) is 51.1 Å². The van der Waals surface area contributed by atoms with Gasteiger partial charge in [-0.1, -0.05) is 93.6 Å². The average Bonchev–Trinajstić information content (AvgIpc) is 3.12. The van der Waals surface area contributed by atoms with Crippen LogP contribution in [0.3, 0.4) is 0 Å². The van der Waals surface area contributed by atoms with Crippen molar-refractivity contribution >= 4 is 0 Å². The fraction of sp³-hybridized carbons (Fsp3) is 0.442. The monoisotopic (exact) mass is 662 g/mol. The summed E-state index contributed by atoms with van der Waals surface area (Å²) >= 11 is 0. The number of aryl methyl sites for hydroxylation is 1. The van der Waals surface area contributed by atoms with Crippen molar-refractivity contribution < 1.29 is 28.8 Å². The molecule has 1 saturated carbocycles. The molecule has 2 aliphatic heterocycles. The van der Waals surface area contributed by atoms with Gasteiger partial charge in [0.25, 0.3) is 0 Å². The molecule has 49 heavy (non-hydrogen) atoms. The molecule has 2 fully saturated rings. The molecule has 3 aliphatic rings. The van der Waals surface area contributed by atoms with Crippen molar-refractivity contribution in [1.29, 1.82) is 0 Å². The Morgan fingerprint density at radius 3 is 2.22 bits per heavy atom. The summed E-state index contributed by atoms with van der Waals surface area (Å²) in [6.45, 7) is 7.70. The van der Waals surface area contributed by atoms with Crippen molar-refractivity contribution in [2.75, 3.05) is 13.7 Å². The molecule has 4 aromatic rings. The second kappa shape index (κ2) is 14.3. The highest BCUT2D eigenvalue weighted by atomic mass is 16.7. The number of rotatable bonds is 11. The smallest absolute Gasteiger partial charge is 0.220 e. The van der Waals surface area contributed by atoms with Crippen LogP contribution in [0.5, 0.6) is 11.5 Å². The van der Waals surface area contributed by atoms with Gasteiger partial charge in [0.1, 0.15) is 23.2 Å². The van der Waals surface area contributed by atoms with Gasteiger partial charge in [-0.15, -0.1) is 0 Å². The molecule has 2 heterocycles. The molecule has 0 aromatic heterocycles. The van der Waals surface area contributed by atoms with E-state index in [-0.39, 0.29) is 29.5 Å². The number of ether oxygens (including phenoxy) is 5. The first kappa shape index (κ1) is 33.8. The number of methoxy groups -OCH3 is 1. The molecule has 1 N–H and O–H groups in total. The van der Waals surface area contributed by atoms with Crippen LogP contribution in [0.25, 0.3) is 0 Å². The lowest BCUT2D eigenvalue weighted by Gasteiger charge is -2.49. The van der Waals surface area contributed by atoms with E-state index in [1.807, 2.05) is 66.7 Å². The average molecular weight is 663 g/mol. The summed E-state index contributed by atoms with van der Waals surface area (Å²) in [5.74, 6) is 0.111. The number of benzene rings is 4. The fourth-order valence-electron chi connectivity index (χ4n) is 7.89. The van der Waals surface area contributed by atoms with E-state index in [9.17, 15) is 5.11 Å². The number of fused-ring (bicyclic) bond motifs is 1. The highest BCUT2D eigenvalue weighted by molar-refractivity contribution is 5.48. The SMILES string of the molecule is COc1ccc(C2(O)O[C@H](COCc3ccccc3)[C@@H](C)[C@H](C)[C@H]2OCc2ccccc2)cc1C(C)c1ccc2c(c1)CCC1(CCC1)O2. The van der Waals surface area contributed by atoms with Crippen LogP contribution >= 0.6 is 0 Å². The zero-order chi connectivity index (χ0) is 34.0. The summed E-state index contributed by atoms with van der Waals surface area (Å²) in [5, 5.41) is 12.8. The quantitative estimate of drug-likeness (QED) is 0.173. The molecule has 0 radical (unpaired) electrons. The van der Waals surface area contributed by atoms with Crippen molar-refractivity contribution in [1.82, 2.24) is 0 Å². The molecule has 1 spiro atoms. The second-order valence-corrected chi connectivity index (χ2v) is 14.5. The van der Waals surface area contributed by atoms with Gasteiger partial charge in [0, 0.05) is 17.0 Å². The molecule has 4 aromatic carbocycles. The Kier molecular flexibility index (Phi) is 9.85. The van der Waals surface area contributed by atoms with Crippen LogP contribution in [0.2, 0.25) is 0 Å². The van der Waals surface area contributed by atoms with Gasteiger partial charge in [0.2, 0.25) is 5.79 Å². The standard InChI is InChI=1S/C43H50O6/c1-29-30(2)41(47-27-33-14-9-6-10-15-33)43(44,49-40(29)28-46-26-32-12-7-5-8-13-32)36-17-19-39(45-4)37(25-36)31(3)34-16-18-38-35(24-34)20-23-42(48-38)21-11-22-42/h5-10,12-19,24-25,29-31,40-41,44H,11,20-23,26-28H2,1-4H3/t29-,30-,31?,40+,41+,43?/m0/s1. The summed E-state index contributed by atoms with van der Waals surface area (Å²) in [7, 11) is 1.70. The van der Waals surface area contributed by atoms with Crippen LogP contribution in [0.4, 0.5) is 0 Å². The van der Waals surface area contributed by atoms with Crippen molar-refractivity contribution in [3.8, 4) is 11.5 Å². The van der Waals surface area contributed by atoms with Gasteiger partial charge in [0.15, 0.2) is 0 Å². The Morgan fingerprint density at radius 2 is 1.55 bits per heavy atom. The highest BCUT2D eigenvalue weighted by Crippen LogP contribution is 2.48. The third-order valence-electron chi connectivity index (χ3n) is 11.4. The maximum Gasteiger partial charge on any atom is 0.220 e. The van der Waals surface area contributed by atoms with Gasteiger partial charge < -0.3 is 28.8 Å². The van der Waals surface area contributed by atoms with Crippen LogP contribution in [0, 0.1) is 11.8 Å². The highest BCUT2D eigenvalue weighted by Gasteiger charge is 2.53. The summed E-state index contributed by atoms with van der Waals surface area (Å²) in [4.78, 5) is 0. The molecular weight excluding hydrogens is 612 g/mol. The second-order valence-electron chi connectivity index (χ2n) is 14.5. The van der Waals surface area contributed by atoms with E-state index in [0.717, 1.165) is 53.9 Å². The zero-order valence-electron chi connectivity index (χ0n) is 29.3. The fourth-order valence-corrected chi connectivity index (χ4v) is 7.89. The largest absolute Gasteiger partial charge is 0.496 e. The molecule has 0 bridgehead atoms. The van der Waals surface area contributed by atoms with Crippen LogP contribution < -0.4 is 9.47 Å². The number of aliphatic hydroxyl groups is 1. The van der Waals surface area contributed by atoms with E-state index in [4.69, 9.17) is 23.7 Å². The van der Waals surface area contributed by atoms with Crippen LogP contribution in [-0.4, -0.2) is 36.6 Å². The Hall–Kier alpha value is -3.68. The van der Waals surface area contributed by atoms with E-state index >= 15 is 0 Å². The molecule has 1 saturated heterocycles. The summed E-state index contributed by atoms with van der Waals surface area (Å²) in [6.07, 6.45) is 4.73. The first-order valence-electron chi connectivity index (χ1n) is 18.0. The first-order chi connectivity index (χ1) is 23.8. The van der Waals surface area contributed by atoms with Crippen molar-refractivity contribution in [3.05, 3.63) is 130 Å². The molecular formula is C43H50O6.